The number of rotatable bonds is 3. The number of carboxylic acids is 1. The maximum atomic E-state index is 12.2. The summed E-state index contributed by atoms with van der Waals surface area (Å²) in [6.45, 7) is 2.32. The van der Waals surface area contributed by atoms with Gasteiger partial charge in [0.1, 0.15) is 23.7 Å². The van der Waals surface area contributed by atoms with E-state index in [1.54, 1.807) is 16.7 Å². The number of halogens is 1. The Hall–Kier alpha value is -2.47. The highest BCUT2D eigenvalue weighted by atomic mass is 35.5. The van der Waals surface area contributed by atoms with Gasteiger partial charge in [-0.25, -0.2) is 4.79 Å². The first-order chi connectivity index (χ1) is 11.5. The predicted molar refractivity (Wildman–Crippen MR) is 89.5 cm³/mol. The molecule has 1 aromatic heterocycles. The van der Waals surface area contributed by atoms with E-state index in [0.717, 1.165) is 0 Å². The van der Waals surface area contributed by atoms with Crippen LogP contribution in [0.5, 0.6) is 11.5 Å². The third-order valence-electron chi connectivity index (χ3n) is 4.14. The van der Waals surface area contributed by atoms with Gasteiger partial charge in [-0.2, -0.15) is 0 Å². The molecule has 126 valence electrons. The summed E-state index contributed by atoms with van der Waals surface area (Å²) in [4.78, 5) is 23.5. The van der Waals surface area contributed by atoms with Crippen LogP contribution >= 0.6 is 11.6 Å². The maximum Gasteiger partial charge on any atom is 0.341 e. The molecule has 6 nitrogen and oxygen atoms in total. The van der Waals surface area contributed by atoms with Crippen molar-refractivity contribution in [2.45, 2.75) is 19.4 Å². The fraction of sp³-hybridized carbons (Fsp3) is 0.294. The third kappa shape index (κ3) is 2.63. The largest absolute Gasteiger partial charge is 0.495 e. The zero-order chi connectivity index (χ0) is 17.4. The summed E-state index contributed by atoms with van der Waals surface area (Å²) in [5.41, 5.74) is 0.392. The number of benzene rings is 1. The van der Waals surface area contributed by atoms with Crippen molar-refractivity contribution in [1.82, 2.24) is 4.57 Å². The SMILES string of the molecule is CCC1COc2cc(OC)c(Cl)cc2-c2cc(=O)c(C(=O)O)cn21. The number of fused-ring (bicyclic) bond motifs is 3. The lowest BCUT2D eigenvalue weighted by Gasteiger charge is -2.19. The lowest BCUT2D eigenvalue weighted by molar-refractivity contribution is 0.0694. The molecule has 0 amide bonds. The average Bonchev–Trinajstić information content (AvgIpc) is 2.69. The van der Waals surface area contributed by atoms with Gasteiger partial charge in [0.05, 0.1) is 23.9 Å². The Kier molecular flexibility index (Phi) is 4.24. The van der Waals surface area contributed by atoms with Crippen LogP contribution in [-0.2, 0) is 0 Å². The zero-order valence-electron chi connectivity index (χ0n) is 13.2. The summed E-state index contributed by atoms with van der Waals surface area (Å²) in [5, 5.41) is 9.61. The van der Waals surface area contributed by atoms with E-state index in [-0.39, 0.29) is 11.6 Å². The molecule has 0 bridgehead atoms. The Morgan fingerprint density at radius 1 is 1.46 bits per heavy atom. The van der Waals surface area contributed by atoms with Gasteiger partial charge < -0.3 is 19.1 Å². The summed E-state index contributed by atoms with van der Waals surface area (Å²) in [5.74, 6) is -0.229. The van der Waals surface area contributed by atoms with E-state index in [2.05, 4.69) is 0 Å². The van der Waals surface area contributed by atoms with Crippen molar-refractivity contribution in [1.29, 1.82) is 0 Å². The zero-order valence-corrected chi connectivity index (χ0v) is 14.0. The van der Waals surface area contributed by atoms with E-state index in [9.17, 15) is 14.7 Å². The molecule has 1 unspecified atom stereocenters. The summed E-state index contributed by atoms with van der Waals surface area (Å²) >= 11 is 6.21. The molecular formula is C17H16ClNO5. The van der Waals surface area contributed by atoms with Gasteiger partial charge in [0.15, 0.2) is 5.43 Å². The molecule has 1 aromatic carbocycles. The van der Waals surface area contributed by atoms with Crippen LogP contribution < -0.4 is 14.9 Å². The van der Waals surface area contributed by atoms with E-state index in [0.29, 0.717) is 40.8 Å². The molecule has 2 aromatic rings. The molecule has 1 N–H and O–H groups in total. The molecule has 0 aliphatic carbocycles. The Morgan fingerprint density at radius 3 is 2.83 bits per heavy atom. The van der Waals surface area contributed by atoms with E-state index < -0.39 is 11.4 Å². The number of ether oxygens (including phenoxy) is 2. The van der Waals surface area contributed by atoms with Crippen molar-refractivity contribution in [2.75, 3.05) is 13.7 Å². The fourth-order valence-corrected chi connectivity index (χ4v) is 3.06. The normalized spacial score (nSPS) is 15.7. The number of aromatic carboxylic acids is 1. The molecule has 1 atom stereocenters. The number of hydrogen-bond acceptors (Lipinski definition) is 4. The number of hydrogen-bond donors (Lipinski definition) is 1. The van der Waals surface area contributed by atoms with Gasteiger partial charge >= 0.3 is 5.97 Å². The highest BCUT2D eigenvalue weighted by molar-refractivity contribution is 6.32. The third-order valence-corrected chi connectivity index (χ3v) is 4.43. The maximum absolute atomic E-state index is 12.2. The van der Waals surface area contributed by atoms with Gasteiger partial charge in [-0.1, -0.05) is 18.5 Å². The average molecular weight is 350 g/mol. The minimum Gasteiger partial charge on any atom is -0.495 e. The molecule has 0 fully saturated rings. The highest BCUT2D eigenvalue weighted by Gasteiger charge is 2.25. The predicted octanol–water partition coefficient (Wildman–Crippen LogP) is 3.22. The lowest BCUT2D eigenvalue weighted by Crippen LogP contribution is -2.22. The second-order valence-electron chi connectivity index (χ2n) is 5.51. The van der Waals surface area contributed by atoms with Crippen LogP contribution in [0.25, 0.3) is 11.3 Å². The van der Waals surface area contributed by atoms with Gasteiger partial charge in [0, 0.05) is 23.9 Å². The van der Waals surface area contributed by atoms with Crippen molar-refractivity contribution >= 4 is 17.6 Å². The number of pyridine rings is 1. The highest BCUT2D eigenvalue weighted by Crippen LogP contribution is 2.41. The molecule has 7 heteroatoms. The Balaban J connectivity index is 2.31. The second-order valence-corrected chi connectivity index (χ2v) is 5.91. The molecule has 2 heterocycles. The molecule has 1 aliphatic rings. The monoisotopic (exact) mass is 349 g/mol. The molecular weight excluding hydrogens is 334 g/mol. The number of carboxylic acid groups (broad SMARTS) is 1. The molecule has 1 aliphatic heterocycles. The van der Waals surface area contributed by atoms with Crippen LogP contribution in [0.1, 0.15) is 29.7 Å². The first-order valence-electron chi connectivity index (χ1n) is 7.46. The molecule has 0 saturated carbocycles. The number of aromatic nitrogens is 1. The quantitative estimate of drug-likeness (QED) is 0.920. The van der Waals surface area contributed by atoms with Crippen LogP contribution in [0.3, 0.4) is 0 Å². The summed E-state index contributed by atoms with van der Waals surface area (Å²) < 4.78 is 12.8. The smallest absolute Gasteiger partial charge is 0.341 e. The van der Waals surface area contributed by atoms with Crippen LogP contribution in [0.15, 0.2) is 29.2 Å². The van der Waals surface area contributed by atoms with Crippen molar-refractivity contribution in [3.63, 3.8) is 0 Å². The fourth-order valence-electron chi connectivity index (χ4n) is 2.82. The van der Waals surface area contributed by atoms with Crippen molar-refractivity contribution < 1.29 is 19.4 Å². The topological polar surface area (TPSA) is 77.8 Å². The van der Waals surface area contributed by atoms with Crippen LogP contribution in [0.4, 0.5) is 0 Å². The molecule has 0 saturated heterocycles. The van der Waals surface area contributed by atoms with E-state index >= 15 is 0 Å². The van der Waals surface area contributed by atoms with Gasteiger partial charge in [0.25, 0.3) is 0 Å². The van der Waals surface area contributed by atoms with Crippen LogP contribution in [0.2, 0.25) is 5.02 Å². The molecule has 0 radical (unpaired) electrons. The first kappa shape index (κ1) is 16.4. The number of methoxy groups -OCH3 is 1. The number of nitrogens with zero attached hydrogens (tertiary/aromatic N) is 1. The van der Waals surface area contributed by atoms with Gasteiger partial charge in [-0.15, -0.1) is 0 Å². The van der Waals surface area contributed by atoms with E-state index in [1.165, 1.54) is 19.4 Å². The Labute approximate surface area is 143 Å². The number of carbonyl (C=O) groups is 1. The van der Waals surface area contributed by atoms with Gasteiger partial charge in [-0.05, 0) is 12.5 Å². The van der Waals surface area contributed by atoms with Gasteiger partial charge in [0.2, 0.25) is 0 Å². The first-order valence-corrected chi connectivity index (χ1v) is 7.84. The van der Waals surface area contributed by atoms with Crippen LogP contribution in [0, 0.1) is 0 Å². The second kappa shape index (κ2) is 6.20. The van der Waals surface area contributed by atoms with Crippen molar-refractivity contribution in [3.8, 4) is 22.8 Å². The molecule has 0 spiro atoms. The summed E-state index contributed by atoms with van der Waals surface area (Å²) in [7, 11) is 1.51. The minimum absolute atomic E-state index is 0.101. The van der Waals surface area contributed by atoms with E-state index in [4.69, 9.17) is 21.1 Å². The summed E-state index contributed by atoms with van der Waals surface area (Å²) in [6, 6.07) is 4.56. The minimum atomic E-state index is -1.25. The van der Waals surface area contributed by atoms with Crippen LogP contribution in [-0.4, -0.2) is 29.4 Å². The molecule has 3 rings (SSSR count). The Morgan fingerprint density at radius 2 is 2.21 bits per heavy atom. The lowest BCUT2D eigenvalue weighted by atomic mass is 10.1. The van der Waals surface area contributed by atoms with Crippen molar-refractivity contribution in [2.24, 2.45) is 0 Å². The van der Waals surface area contributed by atoms with Crippen molar-refractivity contribution in [3.05, 3.63) is 45.2 Å². The Bertz CT molecular complexity index is 874. The molecule has 24 heavy (non-hydrogen) atoms. The van der Waals surface area contributed by atoms with E-state index in [1.807, 2.05) is 6.92 Å². The summed E-state index contributed by atoms with van der Waals surface area (Å²) in [6.07, 6.45) is 2.10. The van der Waals surface area contributed by atoms with Gasteiger partial charge in [-0.3, -0.25) is 4.79 Å². The standard InChI is InChI=1S/C17H16ClNO5/c1-3-9-8-24-15-6-16(23-2)12(18)4-10(15)13-5-14(20)11(17(21)22)7-19(9)13/h4-7,9H,3,8H2,1-2H3,(H,21,22).